The van der Waals surface area contributed by atoms with Crippen LogP contribution >= 0.6 is 11.6 Å². The van der Waals surface area contributed by atoms with E-state index in [-0.39, 0.29) is 5.91 Å². The van der Waals surface area contributed by atoms with Crippen LogP contribution in [0.1, 0.15) is 49.0 Å². The van der Waals surface area contributed by atoms with Crippen LogP contribution in [-0.4, -0.2) is 22.9 Å². The molecule has 0 bridgehead atoms. The maximum atomic E-state index is 12.8. The average Bonchev–Trinajstić information content (AvgIpc) is 2.61. The van der Waals surface area contributed by atoms with Crippen molar-refractivity contribution < 1.29 is 9.53 Å². The number of carbonyl (C=O) groups is 1. The molecule has 0 aromatic heterocycles. The van der Waals surface area contributed by atoms with Gasteiger partial charge in [-0.2, -0.15) is 0 Å². The Morgan fingerprint density at radius 3 is 2.36 bits per heavy atom. The van der Waals surface area contributed by atoms with Gasteiger partial charge in [0.2, 0.25) is 0 Å². The lowest BCUT2D eigenvalue weighted by Crippen LogP contribution is -2.47. The van der Waals surface area contributed by atoms with Crippen LogP contribution in [0, 0.1) is 0 Å². The van der Waals surface area contributed by atoms with Gasteiger partial charge in [-0.05, 0) is 63.4 Å². The summed E-state index contributed by atoms with van der Waals surface area (Å²) in [6.07, 6.45) is 3.35. The van der Waals surface area contributed by atoms with E-state index in [0.29, 0.717) is 29.3 Å². The van der Waals surface area contributed by atoms with Crippen LogP contribution in [0.3, 0.4) is 0 Å². The quantitative estimate of drug-likeness (QED) is 0.740. The van der Waals surface area contributed by atoms with Crippen molar-refractivity contribution in [3.8, 4) is 5.75 Å². The minimum Gasteiger partial charge on any atom is -0.489 e. The number of hydrogen-bond donors (Lipinski definition) is 0. The highest BCUT2D eigenvalue weighted by Gasteiger charge is 2.29. The number of ether oxygens (including phenoxy) is 1. The molecular weight excluding hydrogens is 334 g/mol. The number of amides is 1. The van der Waals surface area contributed by atoms with Gasteiger partial charge in [0.15, 0.2) is 0 Å². The van der Waals surface area contributed by atoms with Crippen molar-refractivity contribution in [1.82, 2.24) is 4.90 Å². The molecule has 2 atom stereocenters. The van der Waals surface area contributed by atoms with Crippen LogP contribution in [0.15, 0.2) is 48.5 Å². The van der Waals surface area contributed by atoms with Crippen LogP contribution in [0.5, 0.6) is 5.75 Å². The van der Waals surface area contributed by atoms with Crippen LogP contribution in [0.2, 0.25) is 5.02 Å². The Hall–Kier alpha value is -2.00. The molecule has 3 nitrogen and oxygen atoms in total. The lowest BCUT2D eigenvalue weighted by molar-refractivity contribution is 0.0510. The zero-order valence-electron chi connectivity index (χ0n) is 14.7. The number of carbonyl (C=O) groups excluding carboxylic acids is 1. The van der Waals surface area contributed by atoms with E-state index in [0.717, 1.165) is 24.2 Å². The van der Waals surface area contributed by atoms with Gasteiger partial charge >= 0.3 is 0 Å². The Morgan fingerprint density at radius 2 is 1.72 bits per heavy atom. The summed E-state index contributed by atoms with van der Waals surface area (Å²) in [5.41, 5.74) is 1.66. The maximum Gasteiger partial charge on any atom is 0.254 e. The van der Waals surface area contributed by atoms with Crippen molar-refractivity contribution in [2.75, 3.05) is 0 Å². The summed E-state index contributed by atoms with van der Waals surface area (Å²) in [5, 5.41) is 0.697. The molecule has 2 aromatic rings. The van der Waals surface area contributed by atoms with Crippen molar-refractivity contribution in [1.29, 1.82) is 0 Å². The third-order valence-corrected chi connectivity index (χ3v) is 5.25. The third-order valence-electron chi connectivity index (χ3n) is 4.88. The molecule has 1 heterocycles. The van der Waals surface area contributed by atoms with Crippen LogP contribution in [0.4, 0.5) is 0 Å². The van der Waals surface area contributed by atoms with Gasteiger partial charge in [-0.25, -0.2) is 0 Å². The highest BCUT2D eigenvalue weighted by molar-refractivity contribution is 6.31. The molecule has 0 saturated carbocycles. The Balaban J connectivity index is 1.65. The summed E-state index contributed by atoms with van der Waals surface area (Å²) in [7, 11) is 0. The first-order valence-corrected chi connectivity index (χ1v) is 9.23. The van der Waals surface area contributed by atoms with E-state index in [9.17, 15) is 4.79 Å². The number of nitrogens with zero attached hydrogens (tertiary/aromatic N) is 1. The fourth-order valence-corrected chi connectivity index (χ4v) is 3.63. The highest BCUT2D eigenvalue weighted by Crippen LogP contribution is 2.25. The van der Waals surface area contributed by atoms with E-state index in [2.05, 4.69) is 13.8 Å². The lowest BCUT2D eigenvalue weighted by Gasteiger charge is -2.39. The van der Waals surface area contributed by atoms with Gasteiger partial charge in [-0.1, -0.05) is 29.8 Å². The van der Waals surface area contributed by atoms with Crippen LogP contribution < -0.4 is 4.74 Å². The summed E-state index contributed by atoms with van der Waals surface area (Å²) < 4.78 is 5.79. The zero-order chi connectivity index (χ0) is 17.8. The Bertz CT molecular complexity index is 719. The first-order valence-electron chi connectivity index (χ1n) is 8.85. The van der Waals surface area contributed by atoms with Crippen molar-refractivity contribution in [3.63, 3.8) is 0 Å². The van der Waals surface area contributed by atoms with E-state index < -0.39 is 0 Å². The summed E-state index contributed by atoms with van der Waals surface area (Å²) in [5.74, 6) is 0.841. The number of halogens is 1. The van der Waals surface area contributed by atoms with Crippen LogP contribution in [0.25, 0.3) is 0 Å². The minimum atomic E-state index is 0.109. The average molecular weight is 358 g/mol. The largest absolute Gasteiger partial charge is 0.489 e. The Kier molecular flexibility index (Phi) is 5.64. The van der Waals surface area contributed by atoms with Gasteiger partial charge in [-0.3, -0.25) is 4.79 Å². The van der Waals surface area contributed by atoms with E-state index in [1.54, 1.807) is 0 Å². The first-order chi connectivity index (χ1) is 12.1. The maximum absolute atomic E-state index is 12.8. The molecule has 0 spiro atoms. The zero-order valence-corrected chi connectivity index (χ0v) is 15.5. The van der Waals surface area contributed by atoms with Gasteiger partial charge in [0.05, 0.1) is 0 Å². The molecule has 1 aliphatic heterocycles. The summed E-state index contributed by atoms with van der Waals surface area (Å²) in [6, 6.07) is 15.6. The fourth-order valence-electron chi connectivity index (χ4n) is 3.44. The molecule has 0 N–H and O–H groups in total. The molecule has 3 rings (SSSR count). The summed E-state index contributed by atoms with van der Waals surface area (Å²) in [6.45, 7) is 4.68. The normalized spacial score (nSPS) is 20.4. The topological polar surface area (TPSA) is 29.5 Å². The van der Waals surface area contributed by atoms with Gasteiger partial charge in [-0.15, -0.1) is 0 Å². The van der Waals surface area contributed by atoms with Crippen molar-refractivity contribution in [2.24, 2.45) is 0 Å². The van der Waals surface area contributed by atoms with Crippen LogP contribution in [-0.2, 0) is 6.61 Å². The van der Waals surface area contributed by atoms with E-state index in [1.165, 1.54) is 6.42 Å². The molecule has 0 aliphatic carbocycles. The predicted octanol–water partition coefficient (Wildman–Crippen LogP) is 5.32. The van der Waals surface area contributed by atoms with Gasteiger partial charge in [0, 0.05) is 28.2 Å². The smallest absolute Gasteiger partial charge is 0.254 e. The summed E-state index contributed by atoms with van der Waals surface area (Å²) in [4.78, 5) is 14.8. The third kappa shape index (κ3) is 4.16. The predicted molar refractivity (Wildman–Crippen MR) is 101 cm³/mol. The Morgan fingerprint density at radius 1 is 1.08 bits per heavy atom. The monoisotopic (exact) mass is 357 g/mol. The number of rotatable bonds is 4. The molecule has 1 aliphatic rings. The molecule has 1 saturated heterocycles. The van der Waals surface area contributed by atoms with E-state index >= 15 is 0 Å². The minimum absolute atomic E-state index is 0.109. The Labute approximate surface area is 154 Å². The number of benzene rings is 2. The standard InChI is InChI=1S/C21H24ClNO2/c1-15-6-5-7-16(2)23(15)21(24)17-10-12-19(13-11-17)25-14-18-8-3-4-9-20(18)22/h3-4,8-13,15-16H,5-7,14H2,1-2H3/t15-,16+. The number of piperidine rings is 1. The van der Waals surface area contributed by atoms with Gasteiger partial charge < -0.3 is 9.64 Å². The van der Waals surface area contributed by atoms with Crippen molar-refractivity contribution >= 4 is 17.5 Å². The summed E-state index contributed by atoms with van der Waals surface area (Å²) >= 11 is 6.14. The number of likely N-dealkylation sites (tertiary alicyclic amines) is 1. The molecule has 0 unspecified atom stereocenters. The van der Waals surface area contributed by atoms with Crippen molar-refractivity contribution in [2.45, 2.75) is 51.8 Å². The van der Waals surface area contributed by atoms with Crippen molar-refractivity contribution in [3.05, 3.63) is 64.7 Å². The molecule has 132 valence electrons. The molecule has 4 heteroatoms. The molecular formula is C21H24ClNO2. The number of hydrogen-bond acceptors (Lipinski definition) is 2. The second-order valence-corrected chi connectivity index (χ2v) is 7.15. The van der Waals surface area contributed by atoms with Gasteiger partial charge in [0.25, 0.3) is 5.91 Å². The SMILES string of the molecule is C[C@@H]1CCC[C@H](C)N1C(=O)c1ccc(OCc2ccccc2Cl)cc1. The van der Waals surface area contributed by atoms with E-state index in [1.807, 2.05) is 53.4 Å². The first kappa shape index (κ1) is 17.8. The molecule has 2 aromatic carbocycles. The second-order valence-electron chi connectivity index (χ2n) is 6.75. The molecule has 0 radical (unpaired) electrons. The molecule has 1 amide bonds. The second kappa shape index (κ2) is 7.92. The lowest BCUT2D eigenvalue weighted by atomic mass is 9.96. The highest BCUT2D eigenvalue weighted by atomic mass is 35.5. The van der Waals surface area contributed by atoms with E-state index in [4.69, 9.17) is 16.3 Å². The molecule has 1 fully saturated rings. The molecule has 25 heavy (non-hydrogen) atoms. The van der Waals surface area contributed by atoms with Gasteiger partial charge in [0.1, 0.15) is 12.4 Å². The fraction of sp³-hybridized carbons (Fsp3) is 0.381.